The molecule has 0 bridgehead atoms. The maximum atomic E-state index is 10.7. The van der Waals surface area contributed by atoms with Crippen molar-refractivity contribution < 1.29 is 10.2 Å². The molecule has 4 heteroatoms. The third-order valence-corrected chi connectivity index (χ3v) is 4.53. The highest BCUT2D eigenvalue weighted by atomic mass is 16.3. The number of hydrogen-bond acceptors (Lipinski definition) is 4. The van der Waals surface area contributed by atoms with E-state index < -0.39 is 0 Å². The minimum Gasteiger partial charge on any atom is -0.507 e. The fourth-order valence-corrected chi connectivity index (χ4v) is 3.20. The van der Waals surface area contributed by atoms with Crippen LogP contribution in [0, 0.1) is 22.7 Å². The molecule has 0 aliphatic carbocycles. The van der Waals surface area contributed by atoms with Gasteiger partial charge in [-0.25, -0.2) is 0 Å². The molecule has 0 aliphatic heterocycles. The Morgan fingerprint density at radius 1 is 0.577 bits per heavy atom. The SMILES string of the molecule is N#Cc1ccc2c(O)c(-c3ccc4cc(C#N)ccc4c3O)ccc2c1. The first-order chi connectivity index (χ1) is 12.6. The van der Waals surface area contributed by atoms with Gasteiger partial charge in [0, 0.05) is 21.9 Å². The van der Waals surface area contributed by atoms with Crippen LogP contribution in [0.4, 0.5) is 0 Å². The van der Waals surface area contributed by atoms with Crippen LogP contribution in [-0.4, -0.2) is 10.2 Å². The third-order valence-electron chi connectivity index (χ3n) is 4.53. The second kappa shape index (κ2) is 5.81. The summed E-state index contributed by atoms with van der Waals surface area (Å²) in [4.78, 5) is 0. The van der Waals surface area contributed by atoms with Gasteiger partial charge in [0.15, 0.2) is 0 Å². The van der Waals surface area contributed by atoms with Gasteiger partial charge in [-0.15, -0.1) is 0 Å². The fraction of sp³-hybridized carbons (Fsp3) is 0. The van der Waals surface area contributed by atoms with Crippen molar-refractivity contribution in [1.29, 1.82) is 10.5 Å². The lowest BCUT2D eigenvalue weighted by Crippen LogP contribution is -1.86. The van der Waals surface area contributed by atoms with E-state index in [1.54, 1.807) is 48.5 Å². The molecule has 0 aromatic heterocycles. The molecule has 26 heavy (non-hydrogen) atoms. The Kier molecular flexibility index (Phi) is 3.46. The van der Waals surface area contributed by atoms with E-state index in [-0.39, 0.29) is 11.5 Å². The van der Waals surface area contributed by atoms with Crippen LogP contribution >= 0.6 is 0 Å². The van der Waals surface area contributed by atoms with Gasteiger partial charge in [-0.3, -0.25) is 0 Å². The molecule has 2 N–H and O–H groups in total. The van der Waals surface area contributed by atoms with Gasteiger partial charge < -0.3 is 10.2 Å². The zero-order valence-corrected chi connectivity index (χ0v) is 13.6. The summed E-state index contributed by atoms with van der Waals surface area (Å²) < 4.78 is 0. The summed E-state index contributed by atoms with van der Waals surface area (Å²) in [6.07, 6.45) is 0. The summed E-state index contributed by atoms with van der Waals surface area (Å²) in [5.41, 5.74) is 2.05. The smallest absolute Gasteiger partial charge is 0.131 e. The molecule has 0 heterocycles. The fourth-order valence-electron chi connectivity index (χ4n) is 3.20. The zero-order chi connectivity index (χ0) is 18.3. The van der Waals surface area contributed by atoms with Crippen molar-refractivity contribution in [2.75, 3.05) is 0 Å². The maximum absolute atomic E-state index is 10.7. The van der Waals surface area contributed by atoms with Gasteiger partial charge in [0.2, 0.25) is 0 Å². The molecule has 0 fully saturated rings. The van der Waals surface area contributed by atoms with E-state index in [0.29, 0.717) is 33.0 Å². The molecule has 0 amide bonds. The molecule has 4 nitrogen and oxygen atoms in total. The average Bonchev–Trinajstić information content (AvgIpc) is 2.68. The lowest BCUT2D eigenvalue weighted by molar-refractivity contribution is 0.475. The first-order valence-corrected chi connectivity index (χ1v) is 7.94. The lowest BCUT2D eigenvalue weighted by atomic mass is 9.95. The van der Waals surface area contributed by atoms with Gasteiger partial charge >= 0.3 is 0 Å². The number of rotatable bonds is 1. The molecular formula is C22H12N2O2. The van der Waals surface area contributed by atoms with Crippen LogP contribution in [0.2, 0.25) is 0 Å². The van der Waals surface area contributed by atoms with Crippen LogP contribution in [0.25, 0.3) is 32.7 Å². The van der Waals surface area contributed by atoms with Gasteiger partial charge in [-0.2, -0.15) is 10.5 Å². The number of aromatic hydroxyl groups is 2. The van der Waals surface area contributed by atoms with Gasteiger partial charge in [0.05, 0.1) is 23.3 Å². The predicted molar refractivity (Wildman–Crippen MR) is 99.6 cm³/mol. The Hall–Kier alpha value is -4.02. The molecule has 0 unspecified atom stereocenters. The van der Waals surface area contributed by atoms with Crippen LogP contribution in [0.15, 0.2) is 60.7 Å². The Morgan fingerprint density at radius 2 is 1.00 bits per heavy atom. The molecule has 0 atom stereocenters. The summed E-state index contributed by atoms with van der Waals surface area (Å²) >= 11 is 0. The molecule has 4 aromatic rings. The lowest BCUT2D eigenvalue weighted by Gasteiger charge is -2.12. The molecule has 0 saturated carbocycles. The van der Waals surface area contributed by atoms with Crippen molar-refractivity contribution in [2.24, 2.45) is 0 Å². The Balaban J connectivity index is 1.95. The second-order valence-corrected chi connectivity index (χ2v) is 6.02. The summed E-state index contributed by atoms with van der Waals surface area (Å²) in [5, 5.41) is 42.2. The van der Waals surface area contributed by atoms with E-state index >= 15 is 0 Å². The highest BCUT2D eigenvalue weighted by Gasteiger charge is 2.14. The summed E-state index contributed by atoms with van der Waals surface area (Å²) in [5.74, 6) is 0.102. The molecule has 4 rings (SSSR count). The van der Waals surface area contributed by atoms with Gasteiger partial charge in [-0.1, -0.05) is 12.1 Å². The quantitative estimate of drug-likeness (QED) is 0.522. The summed E-state index contributed by atoms with van der Waals surface area (Å²) in [6.45, 7) is 0. The molecule has 0 saturated heterocycles. The van der Waals surface area contributed by atoms with Gasteiger partial charge in [0.1, 0.15) is 11.5 Å². The highest BCUT2D eigenvalue weighted by molar-refractivity contribution is 6.00. The Morgan fingerprint density at radius 3 is 1.38 bits per heavy atom. The predicted octanol–water partition coefficient (Wildman–Crippen LogP) is 4.81. The maximum Gasteiger partial charge on any atom is 0.131 e. The monoisotopic (exact) mass is 336 g/mol. The van der Waals surface area contributed by atoms with E-state index in [2.05, 4.69) is 12.1 Å². The normalized spacial score (nSPS) is 10.5. The Labute approximate surface area is 149 Å². The summed E-state index contributed by atoms with van der Waals surface area (Å²) in [7, 11) is 0. The Bertz CT molecular complexity index is 1180. The van der Waals surface area contributed by atoms with Gasteiger partial charge in [0.25, 0.3) is 0 Å². The zero-order valence-electron chi connectivity index (χ0n) is 13.6. The number of nitrogens with zero attached hydrogens (tertiary/aromatic N) is 2. The van der Waals surface area contributed by atoms with E-state index in [4.69, 9.17) is 10.5 Å². The molecule has 4 aromatic carbocycles. The number of phenols is 2. The molecule has 122 valence electrons. The minimum absolute atomic E-state index is 0.0512. The van der Waals surface area contributed by atoms with Crippen LogP contribution in [0.3, 0.4) is 0 Å². The highest BCUT2D eigenvalue weighted by Crippen LogP contribution is 2.42. The van der Waals surface area contributed by atoms with Crippen molar-refractivity contribution in [3.05, 3.63) is 71.8 Å². The van der Waals surface area contributed by atoms with Crippen LogP contribution in [-0.2, 0) is 0 Å². The van der Waals surface area contributed by atoms with Crippen LogP contribution < -0.4 is 0 Å². The van der Waals surface area contributed by atoms with Crippen molar-refractivity contribution >= 4 is 21.5 Å². The molecule has 0 radical (unpaired) electrons. The van der Waals surface area contributed by atoms with E-state index in [9.17, 15) is 10.2 Å². The largest absolute Gasteiger partial charge is 0.507 e. The number of fused-ring (bicyclic) bond motifs is 2. The topological polar surface area (TPSA) is 88.0 Å². The van der Waals surface area contributed by atoms with Crippen molar-refractivity contribution in [3.8, 4) is 34.8 Å². The number of benzene rings is 4. The standard InChI is InChI=1S/C22H12N2O2/c23-11-13-1-5-17-15(9-13)3-7-19(21(17)25)20-8-4-16-10-14(12-24)2-6-18(16)22(20)26/h1-10,25-26H. The first-order valence-electron chi connectivity index (χ1n) is 7.94. The van der Waals surface area contributed by atoms with E-state index in [1.807, 2.05) is 12.1 Å². The molecule has 0 aliphatic rings. The van der Waals surface area contributed by atoms with Crippen molar-refractivity contribution in [1.82, 2.24) is 0 Å². The van der Waals surface area contributed by atoms with Crippen LogP contribution in [0.5, 0.6) is 11.5 Å². The molecular weight excluding hydrogens is 324 g/mol. The van der Waals surface area contributed by atoms with Crippen molar-refractivity contribution in [3.63, 3.8) is 0 Å². The number of hydrogen-bond donors (Lipinski definition) is 2. The van der Waals surface area contributed by atoms with Crippen molar-refractivity contribution in [2.45, 2.75) is 0 Å². The average molecular weight is 336 g/mol. The second-order valence-electron chi connectivity index (χ2n) is 6.02. The van der Waals surface area contributed by atoms with Crippen LogP contribution in [0.1, 0.15) is 11.1 Å². The third kappa shape index (κ3) is 2.30. The first kappa shape index (κ1) is 15.5. The number of phenolic OH excluding ortho intramolecular Hbond substituents is 2. The van der Waals surface area contributed by atoms with Gasteiger partial charge in [-0.05, 0) is 59.3 Å². The number of nitriles is 2. The van der Waals surface area contributed by atoms with E-state index in [1.165, 1.54) is 0 Å². The van der Waals surface area contributed by atoms with E-state index in [0.717, 1.165) is 10.8 Å². The minimum atomic E-state index is 0.0512. The summed E-state index contributed by atoms with van der Waals surface area (Å²) in [6, 6.07) is 21.4. The molecule has 0 spiro atoms.